The van der Waals surface area contributed by atoms with Gasteiger partial charge < -0.3 is 0 Å². The summed E-state index contributed by atoms with van der Waals surface area (Å²) in [5.74, 6) is 0.562. The van der Waals surface area contributed by atoms with Crippen LogP contribution in [0, 0.1) is 0 Å². The van der Waals surface area contributed by atoms with E-state index in [1.807, 2.05) is 36.4 Å². The van der Waals surface area contributed by atoms with Crippen LogP contribution in [0.3, 0.4) is 0 Å². The molecule has 0 aliphatic heterocycles. The van der Waals surface area contributed by atoms with Crippen LogP contribution in [-0.4, -0.2) is 5.88 Å². The van der Waals surface area contributed by atoms with E-state index < -0.39 is 0 Å². The van der Waals surface area contributed by atoms with Crippen LogP contribution in [0.5, 0.6) is 0 Å². The largest absolute Gasteiger partial charge is 0.122 e. The highest BCUT2D eigenvalue weighted by Gasteiger charge is 1.86. The van der Waals surface area contributed by atoms with Crippen molar-refractivity contribution in [2.45, 2.75) is 0 Å². The molecule has 0 aliphatic carbocycles. The van der Waals surface area contributed by atoms with Gasteiger partial charge in [-0.1, -0.05) is 40.2 Å². The molecule has 11 heavy (non-hydrogen) atoms. The number of allylic oxidation sites excluding steroid dienone is 1. The highest BCUT2D eigenvalue weighted by Crippen LogP contribution is 2.12. The van der Waals surface area contributed by atoms with Crippen LogP contribution in [0.15, 0.2) is 34.8 Å². The molecule has 0 N–H and O–H groups in total. The molecule has 0 radical (unpaired) electrons. The average molecular weight is 232 g/mol. The predicted octanol–water partition coefficient (Wildman–Crippen LogP) is 3.70. The first-order chi connectivity index (χ1) is 5.33. The maximum Gasteiger partial charge on any atom is 0.0407 e. The molecule has 0 aliphatic rings. The van der Waals surface area contributed by atoms with Crippen LogP contribution in [0.2, 0.25) is 0 Å². The molecule has 0 unspecified atom stereocenters. The van der Waals surface area contributed by atoms with Crippen LogP contribution in [-0.2, 0) is 0 Å². The molecule has 0 nitrogen and oxygen atoms in total. The molecule has 1 rings (SSSR count). The molecular formula is C9H8BrCl. The van der Waals surface area contributed by atoms with Gasteiger partial charge in [-0.2, -0.15) is 0 Å². The number of hydrogen-bond acceptors (Lipinski definition) is 0. The fourth-order valence-electron chi connectivity index (χ4n) is 0.791. The second-order valence-corrected chi connectivity index (χ2v) is 3.34. The predicted molar refractivity (Wildman–Crippen MR) is 53.9 cm³/mol. The Balaban J connectivity index is 2.79. The van der Waals surface area contributed by atoms with Crippen molar-refractivity contribution in [3.63, 3.8) is 0 Å². The van der Waals surface area contributed by atoms with Gasteiger partial charge in [0.2, 0.25) is 0 Å². The SMILES string of the molecule is ClCC=Cc1cccc(Br)c1. The summed E-state index contributed by atoms with van der Waals surface area (Å²) in [5, 5.41) is 0. The van der Waals surface area contributed by atoms with Crippen molar-refractivity contribution in [1.29, 1.82) is 0 Å². The lowest BCUT2D eigenvalue weighted by atomic mass is 10.2. The van der Waals surface area contributed by atoms with Crippen molar-refractivity contribution >= 4 is 33.6 Å². The Morgan fingerprint density at radius 3 is 2.91 bits per heavy atom. The van der Waals surface area contributed by atoms with E-state index in [1.54, 1.807) is 0 Å². The molecule has 2 heteroatoms. The lowest BCUT2D eigenvalue weighted by molar-refractivity contribution is 1.60. The average Bonchev–Trinajstić information content (AvgIpc) is 2.01. The van der Waals surface area contributed by atoms with E-state index in [0.717, 1.165) is 4.47 Å². The van der Waals surface area contributed by atoms with Gasteiger partial charge in [0.25, 0.3) is 0 Å². The van der Waals surface area contributed by atoms with Crippen molar-refractivity contribution in [3.05, 3.63) is 40.4 Å². The summed E-state index contributed by atoms with van der Waals surface area (Å²) >= 11 is 8.88. The van der Waals surface area contributed by atoms with E-state index in [0.29, 0.717) is 5.88 Å². The van der Waals surface area contributed by atoms with Gasteiger partial charge in [-0.25, -0.2) is 0 Å². The Morgan fingerprint density at radius 2 is 2.27 bits per heavy atom. The summed E-state index contributed by atoms with van der Waals surface area (Å²) in [5.41, 5.74) is 1.17. The zero-order valence-corrected chi connectivity index (χ0v) is 8.27. The van der Waals surface area contributed by atoms with E-state index in [1.165, 1.54) is 5.56 Å². The van der Waals surface area contributed by atoms with Gasteiger partial charge in [0.05, 0.1) is 0 Å². The van der Waals surface area contributed by atoms with Crippen LogP contribution in [0.4, 0.5) is 0 Å². The minimum atomic E-state index is 0.562. The van der Waals surface area contributed by atoms with Crippen LogP contribution in [0.25, 0.3) is 6.08 Å². The third kappa shape index (κ3) is 3.08. The first-order valence-corrected chi connectivity index (χ1v) is 4.64. The lowest BCUT2D eigenvalue weighted by Gasteiger charge is -1.92. The van der Waals surface area contributed by atoms with Gasteiger partial charge in [0.1, 0.15) is 0 Å². The van der Waals surface area contributed by atoms with Crippen LogP contribution < -0.4 is 0 Å². The molecule has 0 aromatic heterocycles. The van der Waals surface area contributed by atoms with Crippen LogP contribution in [0.1, 0.15) is 5.56 Å². The molecule has 0 fully saturated rings. The normalized spacial score (nSPS) is 10.7. The second-order valence-electron chi connectivity index (χ2n) is 2.11. The highest BCUT2D eigenvalue weighted by molar-refractivity contribution is 9.10. The Hall–Kier alpha value is -0.270. The molecule has 0 amide bonds. The molecular weight excluding hydrogens is 223 g/mol. The number of benzene rings is 1. The zero-order valence-electron chi connectivity index (χ0n) is 5.93. The molecule has 0 spiro atoms. The van der Waals surface area contributed by atoms with E-state index in [9.17, 15) is 0 Å². The molecule has 1 aromatic rings. The number of halogens is 2. The smallest absolute Gasteiger partial charge is 0.0407 e. The molecule has 0 bridgehead atoms. The summed E-state index contributed by atoms with van der Waals surface area (Å²) < 4.78 is 1.09. The summed E-state index contributed by atoms with van der Waals surface area (Å²) in [4.78, 5) is 0. The summed E-state index contributed by atoms with van der Waals surface area (Å²) in [6, 6.07) is 8.08. The number of hydrogen-bond donors (Lipinski definition) is 0. The molecule has 1 aromatic carbocycles. The minimum absolute atomic E-state index is 0.562. The van der Waals surface area contributed by atoms with E-state index in [4.69, 9.17) is 11.6 Å². The fourth-order valence-corrected chi connectivity index (χ4v) is 1.30. The monoisotopic (exact) mass is 230 g/mol. The van der Waals surface area contributed by atoms with Gasteiger partial charge in [-0.05, 0) is 17.7 Å². The van der Waals surface area contributed by atoms with E-state index in [-0.39, 0.29) is 0 Å². The van der Waals surface area contributed by atoms with Crippen LogP contribution >= 0.6 is 27.5 Å². The summed E-state index contributed by atoms with van der Waals surface area (Å²) in [7, 11) is 0. The summed E-state index contributed by atoms with van der Waals surface area (Å²) in [6.45, 7) is 0. The van der Waals surface area contributed by atoms with E-state index in [2.05, 4.69) is 15.9 Å². The van der Waals surface area contributed by atoms with Gasteiger partial charge in [-0.3, -0.25) is 0 Å². The Morgan fingerprint density at radius 1 is 1.45 bits per heavy atom. The number of rotatable bonds is 2. The quantitative estimate of drug-likeness (QED) is 0.681. The Labute approximate surface area is 80.0 Å². The summed E-state index contributed by atoms with van der Waals surface area (Å²) in [6.07, 6.45) is 3.92. The fraction of sp³-hybridized carbons (Fsp3) is 0.111. The highest BCUT2D eigenvalue weighted by atomic mass is 79.9. The van der Waals surface area contributed by atoms with E-state index >= 15 is 0 Å². The zero-order chi connectivity index (χ0) is 8.10. The topological polar surface area (TPSA) is 0 Å². The second kappa shape index (κ2) is 4.58. The first kappa shape index (κ1) is 8.82. The molecule has 0 saturated heterocycles. The third-order valence-electron chi connectivity index (χ3n) is 1.25. The third-order valence-corrected chi connectivity index (χ3v) is 1.92. The van der Waals surface area contributed by atoms with Gasteiger partial charge in [0.15, 0.2) is 0 Å². The minimum Gasteiger partial charge on any atom is -0.122 e. The lowest BCUT2D eigenvalue weighted by Crippen LogP contribution is -1.70. The maximum atomic E-state index is 5.49. The van der Waals surface area contributed by atoms with Crippen molar-refractivity contribution in [3.8, 4) is 0 Å². The van der Waals surface area contributed by atoms with Crippen molar-refractivity contribution in [2.24, 2.45) is 0 Å². The van der Waals surface area contributed by atoms with Crippen molar-refractivity contribution in [1.82, 2.24) is 0 Å². The van der Waals surface area contributed by atoms with Crippen molar-refractivity contribution < 1.29 is 0 Å². The Kier molecular flexibility index (Phi) is 3.67. The molecule has 0 saturated carbocycles. The Bertz CT molecular complexity index is 255. The van der Waals surface area contributed by atoms with Gasteiger partial charge in [0, 0.05) is 10.4 Å². The maximum absolute atomic E-state index is 5.49. The van der Waals surface area contributed by atoms with Gasteiger partial charge >= 0.3 is 0 Å². The number of alkyl halides is 1. The van der Waals surface area contributed by atoms with Crippen molar-refractivity contribution in [2.75, 3.05) is 5.88 Å². The molecule has 58 valence electrons. The molecule has 0 heterocycles. The molecule has 0 atom stereocenters. The van der Waals surface area contributed by atoms with Gasteiger partial charge in [-0.15, -0.1) is 11.6 Å². The first-order valence-electron chi connectivity index (χ1n) is 3.31. The standard InChI is InChI=1S/C9H8BrCl/c10-9-5-1-3-8(7-9)4-2-6-11/h1-5,7H,6H2.